The van der Waals surface area contributed by atoms with Gasteiger partial charge in [0.2, 0.25) is 0 Å². The summed E-state index contributed by atoms with van der Waals surface area (Å²) >= 11 is 0. The van der Waals surface area contributed by atoms with E-state index in [1.165, 1.54) is 0 Å². The summed E-state index contributed by atoms with van der Waals surface area (Å²) in [5, 5.41) is 336. The molecular formula is O88Zn4. The second-order valence-corrected chi connectivity index (χ2v) is 5.44. The standard InChI is InChI=1S/4H2O22.4Zn/c4*1-3-5-7-9-11-13-15-17-19-21-22-20-18-16-14-12-10-8-6-4-2;;;;/h4*1-2H;;;;/q;;;;4*+2/p-8. The molecule has 0 radical (unpaired) electrons. The predicted molar refractivity (Wildman–Crippen MR) is 86.8 cm³/mol. The Morgan fingerprint density at radius 1 is 0.0652 bits per heavy atom. The fourth-order valence-corrected chi connectivity index (χ4v) is 0.816. The van der Waals surface area contributed by atoms with E-state index in [1.54, 1.807) is 0 Å². The molecule has 0 saturated heterocycles. The molecule has 0 heterocycles. The third-order valence-electron chi connectivity index (χ3n) is 2.11. The first kappa shape index (κ1) is 107. The van der Waals surface area contributed by atoms with Crippen molar-refractivity contribution in [3.05, 3.63) is 0 Å². The van der Waals surface area contributed by atoms with Gasteiger partial charge in [0, 0.05) is 40.3 Å². The van der Waals surface area contributed by atoms with Gasteiger partial charge in [-0.15, -0.1) is 0 Å². The van der Waals surface area contributed by atoms with Crippen molar-refractivity contribution >= 4 is 0 Å². The van der Waals surface area contributed by atoms with Crippen molar-refractivity contribution in [3.8, 4) is 0 Å². The van der Waals surface area contributed by atoms with Crippen molar-refractivity contribution in [2.45, 2.75) is 0 Å². The minimum absolute atomic E-state index is 0. The summed E-state index contributed by atoms with van der Waals surface area (Å²) in [7, 11) is 0. The summed E-state index contributed by atoms with van der Waals surface area (Å²) in [6.07, 6.45) is 0. The van der Waals surface area contributed by atoms with Gasteiger partial charge in [0.05, 0.1) is 0 Å². The molecule has 0 unspecified atom stereocenters. The molecule has 88 nitrogen and oxygen atoms in total. The molecule has 92 heteroatoms. The van der Waals surface area contributed by atoms with E-state index >= 15 is 0 Å². The van der Waals surface area contributed by atoms with Gasteiger partial charge in [-0.1, -0.05) is 0 Å². The van der Waals surface area contributed by atoms with Crippen LogP contribution in [0.1, 0.15) is 0 Å². The van der Waals surface area contributed by atoms with Gasteiger partial charge in [-0.2, -0.15) is 0 Å². The van der Waals surface area contributed by atoms with Gasteiger partial charge in [-0.05, 0) is 322 Å². The van der Waals surface area contributed by atoms with Crippen LogP contribution in [-0.2, 0) is 481 Å². The fraction of sp³-hybridized carbons (Fsp3) is 0. The summed E-state index contributed by atoms with van der Waals surface area (Å²) in [6, 6.07) is 0. The maximum absolute atomic E-state index is 9.09. The average Bonchev–Trinajstić information content (AvgIpc) is 3.54. The first-order valence-electron chi connectivity index (χ1n) is 14.0. The maximum atomic E-state index is 9.09. The van der Waals surface area contributed by atoms with Crippen LogP contribution < -0.4 is 42.1 Å². The Labute approximate surface area is 522 Å². The quantitative estimate of drug-likeness (QED) is 0.0236. The summed E-state index contributed by atoms with van der Waals surface area (Å²) in [6.45, 7) is 0. The van der Waals surface area contributed by atoms with Crippen LogP contribution in [0.3, 0.4) is 0 Å². The Bertz CT molecular complexity index is 795. The van der Waals surface area contributed by atoms with E-state index in [4.69, 9.17) is 42.1 Å². The average molecular weight is 1670 g/mol. The zero-order valence-corrected chi connectivity index (χ0v) is 50.6. The molecule has 0 aliphatic heterocycles. The van der Waals surface area contributed by atoms with Crippen LogP contribution in [0.2, 0.25) is 0 Å². The second-order valence-electron chi connectivity index (χ2n) is 5.44. The molecule has 92 heavy (non-hydrogen) atoms. The van der Waals surface area contributed by atoms with Gasteiger partial charge in [-0.25, -0.2) is 0 Å². The van der Waals surface area contributed by atoms with E-state index in [2.05, 4.69) is 403 Å². The van der Waals surface area contributed by atoms with Gasteiger partial charge in [0.15, 0.2) is 0 Å². The van der Waals surface area contributed by atoms with Gasteiger partial charge >= 0.3 is 77.9 Å². The van der Waals surface area contributed by atoms with E-state index in [0.29, 0.717) is 0 Å². The molecule has 0 atom stereocenters. The molecule has 0 bridgehead atoms. The molecule has 0 saturated carbocycles. The van der Waals surface area contributed by atoms with Crippen LogP contribution in [0, 0.1) is 0 Å². The third-order valence-corrected chi connectivity index (χ3v) is 2.11. The van der Waals surface area contributed by atoms with Crippen LogP contribution in [0.25, 0.3) is 0 Å². The van der Waals surface area contributed by atoms with Crippen molar-refractivity contribution in [2.24, 2.45) is 0 Å². The normalized spacial score (nSPS) is 10.7. The number of hydrogen-bond donors (Lipinski definition) is 0. The molecule has 0 aliphatic rings. The van der Waals surface area contributed by atoms with Gasteiger partial charge < -0.3 is 42.1 Å². The summed E-state index contributed by atoms with van der Waals surface area (Å²) in [5.41, 5.74) is 0. The first-order valence-corrected chi connectivity index (χ1v) is 14.0. The van der Waals surface area contributed by atoms with Crippen molar-refractivity contribution in [3.63, 3.8) is 0 Å². The monoisotopic (exact) mass is 1660 g/mol. The number of rotatable bonds is 76. The zero-order chi connectivity index (χ0) is 64.6. The Balaban J connectivity index is -0.000000168. The molecule has 536 valence electrons. The summed E-state index contributed by atoms with van der Waals surface area (Å²) < 4.78 is 0. The third kappa shape index (κ3) is 123. The molecule has 0 spiro atoms. The largest absolute Gasteiger partial charge is 2.00 e. The van der Waals surface area contributed by atoms with E-state index in [-0.39, 0.29) is 77.9 Å². The van der Waals surface area contributed by atoms with Crippen LogP contribution in [0.15, 0.2) is 0 Å². The zero-order valence-electron chi connectivity index (χ0n) is 38.8. The Hall–Kier alpha value is -1.03. The molecule has 0 rings (SSSR count). The number of hydrogen-bond acceptors (Lipinski definition) is 88. The minimum atomic E-state index is 0. The van der Waals surface area contributed by atoms with Crippen molar-refractivity contribution in [1.82, 2.24) is 0 Å². The van der Waals surface area contributed by atoms with Crippen LogP contribution in [-0.4, -0.2) is 0 Å². The smallest absolute Gasteiger partial charge is 0.689 e. The SMILES string of the molecule is [O-]OOOOOOOOOOOOOOOOOOOO[O-].[O-]OOOOOOOOOOOOOOOOOOOO[O-].[O-]OOOOOOOOOOOOOOOOOOOO[O-].[O-]OOOOOOOOOOOOOOOOOOOO[O-].[Zn+2].[Zn+2].[Zn+2].[Zn+2]. The minimum Gasteiger partial charge on any atom is -0.689 e. The Morgan fingerprint density at radius 2 is 0.0978 bits per heavy atom. The second kappa shape index (κ2) is 114. The van der Waals surface area contributed by atoms with Crippen LogP contribution in [0.4, 0.5) is 0 Å². The maximum Gasteiger partial charge on any atom is 2.00 e. The molecular weight excluding hydrogens is 1670 g/mol. The molecule has 0 N–H and O–H groups in total. The van der Waals surface area contributed by atoms with E-state index < -0.39 is 0 Å². The molecule has 0 amide bonds. The van der Waals surface area contributed by atoms with Gasteiger partial charge in [-0.3, -0.25) is 40.3 Å². The van der Waals surface area contributed by atoms with Crippen LogP contribution in [0.5, 0.6) is 0 Å². The molecule has 0 aromatic rings. The molecule has 0 aromatic carbocycles. The van der Waals surface area contributed by atoms with Crippen molar-refractivity contribution in [1.29, 1.82) is 0 Å². The summed E-state index contributed by atoms with van der Waals surface area (Å²) in [4.78, 5) is 0. The molecule has 0 fully saturated rings. The Kier molecular flexibility index (Phi) is 133. The van der Waals surface area contributed by atoms with E-state index in [0.717, 1.165) is 0 Å². The molecule has 0 aromatic heterocycles. The van der Waals surface area contributed by atoms with Gasteiger partial charge in [0.1, 0.15) is 0 Å². The predicted octanol–water partition coefficient (Wildman–Crippen LogP) is -15.0. The van der Waals surface area contributed by atoms with Crippen molar-refractivity contribution in [2.75, 3.05) is 0 Å². The van der Waals surface area contributed by atoms with Crippen LogP contribution >= 0.6 is 0 Å². The Morgan fingerprint density at radius 3 is 0.130 bits per heavy atom. The topological polar surface area (TPSA) is 923 Å². The molecule has 0 aliphatic carbocycles. The van der Waals surface area contributed by atoms with E-state index in [9.17, 15) is 0 Å². The summed E-state index contributed by atoms with van der Waals surface area (Å²) in [5.74, 6) is 0. The van der Waals surface area contributed by atoms with Gasteiger partial charge in [0.25, 0.3) is 0 Å². The van der Waals surface area contributed by atoms with Crippen molar-refractivity contribution < 1.29 is 523 Å². The fourth-order valence-electron chi connectivity index (χ4n) is 0.816. The van der Waals surface area contributed by atoms with E-state index in [1.807, 2.05) is 0 Å². The first-order chi connectivity index (χ1) is 43.7.